The molecule has 0 saturated carbocycles. The first kappa shape index (κ1) is 19.0. The van der Waals surface area contributed by atoms with Crippen LogP contribution in [0.25, 0.3) is 10.9 Å². The van der Waals surface area contributed by atoms with Crippen LogP contribution >= 0.6 is 15.9 Å². The van der Waals surface area contributed by atoms with Gasteiger partial charge in [0.1, 0.15) is 18.0 Å². The van der Waals surface area contributed by atoms with E-state index in [-0.39, 0.29) is 12.2 Å². The Morgan fingerprint density at radius 1 is 1.20 bits per heavy atom. The number of ether oxygens (including phenoxy) is 1. The van der Waals surface area contributed by atoms with Crippen molar-refractivity contribution in [2.24, 2.45) is 4.99 Å². The molecule has 3 aromatic rings. The van der Waals surface area contributed by atoms with Crippen LogP contribution < -0.4 is 10.2 Å². The van der Waals surface area contributed by atoms with E-state index < -0.39 is 0 Å². The van der Waals surface area contributed by atoms with E-state index in [1.807, 2.05) is 36.4 Å². The van der Waals surface area contributed by atoms with Crippen LogP contribution in [-0.4, -0.2) is 36.1 Å². The molecule has 2 aromatic carbocycles. The van der Waals surface area contributed by atoms with Crippen LogP contribution in [0.15, 0.2) is 58.1 Å². The minimum atomic E-state index is -0.164. The van der Waals surface area contributed by atoms with Gasteiger partial charge in [0.15, 0.2) is 0 Å². The molecule has 7 heteroatoms. The third kappa shape index (κ3) is 3.32. The van der Waals surface area contributed by atoms with Crippen LogP contribution in [0.5, 0.6) is 0 Å². The normalized spacial score (nSPS) is 20.8. The Balaban J connectivity index is 1.47. The fourth-order valence-electron chi connectivity index (χ4n) is 4.18. The van der Waals surface area contributed by atoms with Gasteiger partial charge < -0.3 is 15.0 Å². The summed E-state index contributed by atoms with van der Waals surface area (Å²) in [6.07, 6.45) is 1.61. The largest absolute Gasteiger partial charge is 0.365 e. The van der Waals surface area contributed by atoms with Gasteiger partial charge in [0.2, 0.25) is 0 Å². The molecule has 1 saturated heterocycles. The summed E-state index contributed by atoms with van der Waals surface area (Å²) in [5, 5.41) is 13.9. The van der Waals surface area contributed by atoms with Crippen molar-refractivity contribution in [1.29, 1.82) is 5.26 Å². The molecular formula is C23H20BrN5O. The van der Waals surface area contributed by atoms with Crippen molar-refractivity contribution >= 4 is 44.0 Å². The number of aliphatic imine (C=N–C) groups is 1. The van der Waals surface area contributed by atoms with Gasteiger partial charge in [-0.3, -0.25) is 9.98 Å². The number of hydrogen-bond donors (Lipinski definition) is 1. The number of rotatable bonds is 2. The van der Waals surface area contributed by atoms with Gasteiger partial charge in [-0.2, -0.15) is 5.26 Å². The van der Waals surface area contributed by atoms with Gasteiger partial charge in [0.05, 0.1) is 30.3 Å². The minimum Gasteiger partial charge on any atom is -0.365 e. The zero-order valence-electron chi connectivity index (χ0n) is 16.5. The molecule has 30 heavy (non-hydrogen) atoms. The maximum absolute atomic E-state index is 9.44. The fourth-order valence-corrected chi connectivity index (χ4v) is 4.67. The lowest BCUT2D eigenvalue weighted by Crippen LogP contribution is -2.51. The van der Waals surface area contributed by atoms with E-state index in [1.165, 1.54) is 0 Å². The maximum Gasteiger partial charge on any atom is 0.133 e. The highest BCUT2D eigenvalue weighted by atomic mass is 79.9. The van der Waals surface area contributed by atoms with Gasteiger partial charge in [-0.1, -0.05) is 22.0 Å². The Morgan fingerprint density at radius 3 is 2.97 bits per heavy atom. The van der Waals surface area contributed by atoms with Crippen molar-refractivity contribution in [3.05, 3.63) is 64.3 Å². The predicted octanol–water partition coefficient (Wildman–Crippen LogP) is 4.49. The predicted molar refractivity (Wildman–Crippen MR) is 122 cm³/mol. The number of morpholine rings is 1. The Hall–Kier alpha value is -2.95. The molecule has 2 aliphatic heterocycles. The molecular weight excluding hydrogens is 442 g/mol. The molecule has 1 aromatic heterocycles. The Morgan fingerprint density at radius 2 is 2.10 bits per heavy atom. The van der Waals surface area contributed by atoms with Crippen molar-refractivity contribution in [2.75, 3.05) is 23.3 Å². The minimum absolute atomic E-state index is 0.0412. The first-order valence-electron chi connectivity index (χ1n) is 9.91. The summed E-state index contributed by atoms with van der Waals surface area (Å²) >= 11 is 3.60. The average Bonchev–Trinajstić information content (AvgIpc) is 2.78. The maximum atomic E-state index is 9.44. The van der Waals surface area contributed by atoms with E-state index >= 15 is 0 Å². The number of aromatic nitrogens is 1. The SMILES string of the molecule is C[C@@H]1CN(c2ccc(C#N)c3ncccc23)C[C@H](C2=NCc3c(Br)cccc3N2)O1. The number of nitrogens with zero attached hydrogens (tertiary/aromatic N) is 4. The Bertz CT molecular complexity index is 1200. The molecule has 0 radical (unpaired) electrons. The molecule has 6 nitrogen and oxygen atoms in total. The summed E-state index contributed by atoms with van der Waals surface area (Å²) in [5.41, 5.74) is 4.62. The second-order valence-electron chi connectivity index (χ2n) is 7.58. The summed E-state index contributed by atoms with van der Waals surface area (Å²) in [5.74, 6) is 0.855. The smallest absolute Gasteiger partial charge is 0.133 e. The molecule has 150 valence electrons. The quantitative estimate of drug-likeness (QED) is 0.608. The summed E-state index contributed by atoms with van der Waals surface area (Å²) in [6, 6.07) is 16.2. The molecule has 0 spiro atoms. The van der Waals surface area contributed by atoms with Crippen LogP contribution in [0.2, 0.25) is 0 Å². The third-order valence-electron chi connectivity index (χ3n) is 5.56. The highest BCUT2D eigenvalue weighted by Crippen LogP contribution is 2.32. The molecule has 3 heterocycles. The topological polar surface area (TPSA) is 73.5 Å². The molecule has 0 unspecified atom stereocenters. The van der Waals surface area contributed by atoms with E-state index in [2.05, 4.69) is 50.2 Å². The van der Waals surface area contributed by atoms with Crippen LogP contribution in [-0.2, 0) is 11.3 Å². The molecule has 0 bridgehead atoms. The van der Waals surface area contributed by atoms with Gasteiger partial charge in [-0.25, -0.2) is 0 Å². The lowest BCUT2D eigenvalue weighted by Gasteiger charge is -2.39. The fraction of sp³-hybridized carbons (Fsp3) is 0.261. The monoisotopic (exact) mass is 461 g/mol. The van der Waals surface area contributed by atoms with E-state index in [1.54, 1.807) is 6.20 Å². The molecule has 0 aliphatic carbocycles. The van der Waals surface area contributed by atoms with Crippen molar-refractivity contribution < 1.29 is 4.74 Å². The van der Waals surface area contributed by atoms with E-state index in [9.17, 15) is 5.26 Å². The highest BCUT2D eigenvalue weighted by Gasteiger charge is 2.31. The van der Waals surface area contributed by atoms with Gasteiger partial charge in [0, 0.05) is 39.5 Å². The number of pyridine rings is 1. The van der Waals surface area contributed by atoms with Crippen LogP contribution in [0, 0.1) is 11.3 Å². The zero-order chi connectivity index (χ0) is 20.7. The summed E-state index contributed by atoms with van der Waals surface area (Å²) in [7, 11) is 0. The van der Waals surface area contributed by atoms with E-state index in [4.69, 9.17) is 9.73 Å². The standard InChI is InChI=1S/C23H20BrN5O/c1-14-12-29(20-8-7-15(10-25)22-16(20)4-3-9-26-22)13-21(30-14)23-27-11-17-18(24)5-2-6-19(17)28-23/h2-9,14,21H,11-13H2,1H3,(H,27,28)/t14-,21-/m1/s1. The van der Waals surface area contributed by atoms with Crippen LogP contribution in [0.4, 0.5) is 11.4 Å². The number of fused-ring (bicyclic) bond motifs is 2. The molecule has 2 aliphatic rings. The molecule has 2 atom stereocenters. The number of halogens is 1. The number of nitrogens with one attached hydrogen (secondary N) is 1. The zero-order valence-corrected chi connectivity index (χ0v) is 18.1. The van der Waals surface area contributed by atoms with E-state index in [0.29, 0.717) is 18.7 Å². The van der Waals surface area contributed by atoms with Crippen molar-refractivity contribution in [2.45, 2.75) is 25.7 Å². The summed E-state index contributed by atoms with van der Waals surface area (Å²) in [6.45, 7) is 4.14. The summed E-state index contributed by atoms with van der Waals surface area (Å²) < 4.78 is 7.33. The number of amidine groups is 1. The molecule has 1 N–H and O–H groups in total. The lowest BCUT2D eigenvalue weighted by atomic mass is 10.1. The van der Waals surface area contributed by atoms with Gasteiger partial charge in [-0.15, -0.1) is 0 Å². The number of hydrogen-bond acceptors (Lipinski definition) is 6. The third-order valence-corrected chi connectivity index (χ3v) is 6.31. The second kappa shape index (κ2) is 7.71. The average molecular weight is 462 g/mol. The summed E-state index contributed by atoms with van der Waals surface area (Å²) in [4.78, 5) is 11.5. The lowest BCUT2D eigenvalue weighted by molar-refractivity contribution is 0.0204. The van der Waals surface area contributed by atoms with Crippen molar-refractivity contribution in [1.82, 2.24) is 4.98 Å². The van der Waals surface area contributed by atoms with Gasteiger partial charge >= 0.3 is 0 Å². The molecule has 1 fully saturated rings. The Labute approximate surface area is 183 Å². The van der Waals surface area contributed by atoms with Crippen LogP contribution in [0.1, 0.15) is 18.1 Å². The van der Waals surface area contributed by atoms with Crippen molar-refractivity contribution in [3.8, 4) is 6.07 Å². The van der Waals surface area contributed by atoms with E-state index in [0.717, 1.165) is 44.7 Å². The molecule has 0 amide bonds. The Kier molecular flexibility index (Phi) is 4.89. The first-order valence-corrected chi connectivity index (χ1v) is 10.7. The van der Waals surface area contributed by atoms with Gasteiger partial charge in [-0.05, 0) is 43.3 Å². The second-order valence-corrected chi connectivity index (χ2v) is 8.43. The molecule has 5 rings (SSSR count). The highest BCUT2D eigenvalue weighted by molar-refractivity contribution is 9.10. The van der Waals surface area contributed by atoms with Crippen LogP contribution in [0.3, 0.4) is 0 Å². The number of benzene rings is 2. The van der Waals surface area contributed by atoms with Crippen molar-refractivity contribution in [3.63, 3.8) is 0 Å². The number of anilines is 2. The number of nitriles is 1. The first-order chi connectivity index (χ1) is 14.6. The van der Waals surface area contributed by atoms with Gasteiger partial charge in [0.25, 0.3) is 0 Å².